The normalized spacial score (nSPS) is 27.9. The van der Waals surface area contributed by atoms with E-state index in [0.717, 1.165) is 21.2 Å². The molecule has 1 aliphatic carbocycles. The topological polar surface area (TPSA) is 29.1 Å². The summed E-state index contributed by atoms with van der Waals surface area (Å²) < 4.78 is 0. The predicted molar refractivity (Wildman–Crippen MR) is 102 cm³/mol. The molecule has 1 saturated heterocycles. The Morgan fingerprint density at radius 3 is 2.44 bits per heavy atom. The number of hydrogen-bond acceptors (Lipinski definition) is 1. The third kappa shape index (κ3) is 2.98. The third-order valence-corrected chi connectivity index (χ3v) is 6.00. The van der Waals surface area contributed by atoms with Gasteiger partial charge in [-0.05, 0) is 53.6 Å². The summed E-state index contributed by atoms with van der Waals surface area (Å²) in [6.07, 6.45) is 4.21. The SMILES string of the molecule is Cc1ccc([C@H]2C=C[C@@H]3C(=O)NC[C@@H]3[C@@H]2c2ccc(Cl)cc2)c(Cl)c1. The molecule has 4 atom stereocenters. The van der Waals surface area contributed by atoms with E-state index < -0.39 is 0 Å². The van der Waals surface area contributed by atoms with E-state index in [-0.39, 0.29) is 29.6 Å². The Balaban J connectivity index is 1.83. The summed E-state index contributed by atoms with van der Waals surface area (Å²) in [4.78, 5) is 12.2. The molecule has 0 spiro atoms. The molecule has 4 rings (SSSR count). The van der Waals surface area contributed by atoms with Crippen LogP contribution in [0.5, 0.6) is 0 Å². The Bertz CT molecular complexity index is 843. The minimum Gasteiger partial charge on any atom is -0.355 e. The van der Waals surface area contributed by atoms with Crippen LogP contribution < -0.4 is 5.32 Å². The predicted octanol–water partition coefficient (Wildman–Crippen LogP) is 5.10. The van der Waals surface area contributed by atoms with Crippen LogP contribution in [0.2, 0.25) is 10.0 Å². The van der Waals surface area contributed by atoms with Gasteiger partial charge in [-0.25, -0.2) is 0 Å². The highest BCUT2D eigenvalue weighted by Gasteiger charge is 2.44. The summed E-state index contributed by atoms with van der Waals surface area (Å²) in [5, 5.41) is 4.52. The van der Waals surface area contributed by atoms with Gasteiger partial charge in [0.2, 0.25) is 5.91 Å². The van der Waals surface area contributed by atoms with Crippen molar-refractivity contribution in [3.63, 3.8) is 0 Å². The molecule has 0 saturated carbocycles. The lowest BCUT2D eigenvalue weighted by Gasteiger charge is -2.36. The van der Waals surface area contributed by atoms with Crippen LogP contribution in [-0.4, -0.2) is 12.5 Å². The molecule has 1 heterocycles. The average molecular weight is 372 g/mol. The first-order chi connectivity index (χ1) is 12.0. The molecule has 2 aromatic rings. The number of hydrogen-bond donors (Lipinski definition) is 1. The van der Waals surface area contributed by atoms with Crippen molar-refractivity contribution in [2.24, 2.45) is 11.8 Å². The largest absolute Gasteiger partial charge is 0.355 e. The molecule has 1 amide bonds. The van der Waals surface area contributed by atoms with Crippen molar-refractivity contribution in [3.8, 4) is 0 Å². The number of benzene rings is 2. The van der Waals surface area contributed by atoms with Crippen molar-refractivity contribution in [2.45, 2.75) is 18.8 Å². The second-order valence-electron chi connectivity index (χ2n) is 6.95. The van der Waals surface area contributed by atoms with Gasteiger partial charge in [0.1, 0.15) is 0 Å². The number of rotatable bonds is 2. The number of fused-ring (bicyclic) bond motifs is 1. The maximum absolute atomic E-state index is 12.2. The molecule has 1 aliphatic heterocycles. The molecule has 0 bridgehead atoms. The van der Waals surface area contributed by atoms with Gasteiger partial charge in [-0.2, -0.15) is 0 Å². The molecule has 1 N–H and O–H groups in total. The van der Waals surface area contributed by atoms with Crippen LogP contribution >= 0.6 is 23.2 Å². The molecule has 2 aliphatic rings. The van der Waals surface area contributed by atoms with Crippen molar-refractivity contribution in [2.75, 3.05) is 6.54 Å². The Morgan fingerprint density at radius 2 is 1.72 bits per heavy atom. The number of aryl methyl sites for hydroxylation is 1. The van der Waals surface area contributed by atoms with Gasteiger partial charge in [-0.3, -0.25) is 4.79 Å². The molecule has 0 unspecified atom stereocenters. The molecular weight excluding hydrogens is 353 g/mol. The average Bonchev–Trinajstić information content (AvgIpc) is 2.97. The monoisotopic (exact) mass is 371 g/mol. The lowest BCUT2D eigenvalue weighted by Crippen LogP contribution is -2.29. The van der Waals surface area contributed by atoms with E-state index in [4.69, 9.17) is 23.2 Å². The second-order valence-corrected chi connectivity index (χ2v) is 7.79. The van der Waals surface area contributed by atoms with Gasteiger partial charge in [-0.1, -0.05) is 59.6 Å². The number of nitrogens with one attached hydrogen (secondary N) is 1. The van der Waals surface area contributed by atoms with E-state index in [1.54, 1.807) is 0 Å². The summed E-state index contributed by atoms with van der Waals surface area (Å²) in [6.45, 7) is 2.74. The molecule has 0 aromatic heterocycles. The van der Waals surface area contributed by atoms with Gasteiger partial charge in [0.05, 0.1) is 5.92 Å². The molecule has 128 valence electrons. The zero-order valence-corrected chi connectivity index (χ0v) is 15.4. The zero-order chi connectivity index (χ0) is 17.6. The number of carbonyl (C=O) groups is 1. The zero-order valence-electron chi connectivity index (χ0n) is 13.9. The van der Waals surface area contributed by atoms with E-state index in [1.807, 2.05) is 25.1 Å². The van der Waals surface area contributed by atoms with Gasteiger partial charge in [0.25, 0.3) is 0 Å². The highest BCUT2D eigenvalue weighted by Crippen LogP contribution is 2.49. The summed E-state index contributed by atoms with van der Waals surface area (Å²) in [7, 11) is 0. The summed E-state index contributed by atoms with van der Waals surface area (Å²) in [5.74, 6) is 0.602. The van der Waals surface area contributed by atoms with Crippen LogP contribution in [0.3, 0.4) is 0 Å². The molecule has 0 radical (unpaired) electrons. The fraction of sp³-hybridized carbons (Fsp3) is 0.286. The smallest absolute Gasteiger partial charge is 0.227 e. The van der Waals surface area contributed by atoms with Gasteiger partial charge in [0.15, 0.2) is 0 Å². The van der Waals surface area contributed by atoms with Crippen molar-refractivity contribution in [1.29, 1.82) is 0 Å². The fourth-order valence-corrected chi connectivity index (χ4v) is 4.69. The first-order valence-corrected chi connectivity index (χ1v) is 9.28. The van der Waals surface area contributed by atoms with Crippen molar-refractivity contribution in [1.82, 2.24) is 5.32 Å². The van der Waals surface area contributed by atoms with E-state index in [9.17, 15) is 4.79 Å². The van der Waals surface area contributed by atoms with Crippen LogP contribution in [0.25, 0.3) is 0 Å². The summed E-state index contributed by atoms with van der Waals surface area (Å²) in [5.41, 5.74) is 3.45. The Labute approximate surface area is 157 Å². The lowest BCUT2D eigenvalue weighted by atomic mass is 9.67. The molecular formula is C21H19Cl2NO. The van der Waals surface area contributed by atoms with Gasteiger partial charge < -0.3 is 5.32 Å². The first kappa shape index (κ1) is 16.7. The van der Waals surface area contributed by atoms with E-state index in [1.165, 1.54) is 5.56 Å². The molecule has 25 heavy (non-hydrogen) atoms. The molecule has 1 fully saturated rings. The standard InChI is InChI=1S/C21H19Cl2NO/c1-12-2-7-15(19(23)10-12)16-8-9-17-18(11-24-21(17)25)20(16)13-3-5-14(22)6-4-13/h2-10,16-18,20H,11H2,1H3,(H,24,25)/t16-,17+,18+,20-/m1/s1. The number of allylic oxidation sites excluding steroid dienone is 1. The van der Waals surface area contributed by atoms with Crippen LogP contribution in [0.4, 0.5) is 0 Å². The van der Waals surface area contributed by atoms with Gasteiger partial charge in [-0.15, -0.1) is 0 Å². The van der Waals surface area contributed by atoms with Crippen LogP contribution in [0.15, 0.2) is 54.6 Å². The third-order valence-electron chi connectivity index (χ3n) is 5.42. The molecule has 4 heteroatoms. The van der Waals surface area contributed by atoms with Crippen LogP contribution in [-0.2, 0) is 4.79 Å². The Morgan fingerprint density at radius 1 is 1.00 bits per heavy atom. The number of halogens is 2. The first-order valence-electron chi connectivity index (χ1n) is 8.52. The van der Waals surface area contributed by atoms with E-state index in [2.05, 4.69) is 41.7 Å². The van der Waals surface area contributed by atoms with Gasteiger partial charge >= 0.3 is 0 Å². The second kappa shape index (κ2) is 6.51. The van der Waals surface area contributed by atoms with Crippen molar-refractivity contribution < 1.29 is 4.79 Å². The van der Waals surface area contributed by atoms with E-state index in [0.29, 0.717) is 6.54 Å². The van der Waals surface area contributed by atoms with Crippen molar-refractivity contribution >= 4 is 29.1 Å². The maximum Gasteiger partial charge on any atom is 0.227 e. The minimum atomic E-state index is -0.0684. The molecule has 2 aromatic carbocycles. The van der Waals surface area contributed by atoms with Gasteiger partial charge in [0, 0.05) is 22.5 Å². The van der Waals surface area contributed by atoms with Crippen LogP contribution in [0, 0.1) is 18.8 Å². The number of amides is 1. The quantitative estimate of drug-likeness (QED) is 0.730. The summed E-state index contributed by atoms with van der Waals surface area (Å²) in [6, 6.07) is 14.2. The van der Waals surface area contributed by atoms with Crippen molar-refractivity contribution in [3.05, 3.63) is 81.4 Å². The fourth-order valence-electron chi connectivity index (χ4n) is 4.20. The molecule has 2 nitrogen and oxygen atoms in total. The minimum absolute atomic E-state index is 0.0684. The van der Waals surface area contributed by atoms with Crippen LogP contribution in [0.1, 0.15) is 28.5 Å². The number of carbonyl (C=O) groups excluding carboxylic acids is 1. The highest BCUT2D eigenvalue weighted by atomic mass is 35.5. The maximum atomic E-state index is 12.2. The Hall–Kier alpha value is -1.77. The highest BCUT2D eigenvalue weighted by molar-refractivity contribution is 6.31. The van der Waals surface area contributed by atoms with E-state index >= 15 is 0 Å². The summed E-state index contributed by atoms with van der Waals surface area (Å²) >= 11 is 12.7. The Kier molecular flexibility index (Phi) is 4.35. The lowest BCUT2D eigenvalue weighted by molar-refractivity contribution is -0.121.